The maximum absolute atomic E-state index is 14.7. The average molecular weight is 553 g/mol. The van der Waals surface area contributed by atoms with Gasteiger partial charge in [0.1, 0.15) is 23.3 Å². The molecule has 1 aromatic heterocycles. The molecular weight excluding hydrogens is 544 g/mol. The fourth-order valence-corrected chi connectivity index (χ4v) is 2.77. The summed E-state index contributed by atoms with van der Waals surface area (Å²) in [6, 6.07) is 5.95. The van der Waals surface area contributed by atoms with Crippen molar-refractivity contribution in [2.75, 3.05) is 5.32 Å². The van der Waals surface area contributed by atoms with Gasteiger partial charge >= 0.3 is 6.36 Å². The maximum atomic E-state index is 14.7. The first-order valence-corrected chi connectivity index (χ1v) is 9.19. The van der Waals surface area contributed by atoms with Crippen LogP contribution in [0.5, 0.6) is 17.2 Å². The molecular formula is C18H9F5IN3O4. The summed E-state index contributed by atoms with van der Waals surface area (Å²) in [7, 11) is 0. The highest BCUT2D eigenvalue weighted by Gasteiger charge is 2.32. The third-order valence-corrected chi connectivity index (χ3v) is 4.42. The maximum Gasteiger partial charge on any atom is 0.573 e. The number of anilines is 1. The highest BCUT2D eigenvalue weighted by molar-refractivity contribution is 14.1. The molecule has 0 saturated carbocycles. The molecule has 0 unspecified atom stereocenters. The summed E-state index contributed by atoms with van der Waals surface area (Å²) in [6.45, 7) is 0. The molecule has 3 aromatic rings. The van der Waals surface area contributed by atoms with Crippen LogP contribution in [0.3, 0.4) is 0 Å². The number of aromatic nitrogens is 2. The first-order chi connectivity index (χ1) is 14.5. The van der Waals surface area contributed by atoms with E-state index in [1.807, 2.05) is 0 Å². The number of rotatable bonds is 5. The van der Waals surface area contributed by atoms with E-state index < -0.39 is 35.2 Å². The van der Waals surface area contributed by atoms with Crippen LogP contribution in [-0.2, 0) is 0 Å². The number of benzene rings is 2. The number of hydrogen-bond donors (Lipinski definition) is 1. The van der Waals surface area contributed by atoms with Crippen molar-refractivity contribution in [2.45, 2.75) is 6.36 Å². The first-order valence-electron chi connectivity index (χ1n) is 8.11. The van der Waals surface area contributed by atoms with E-state index in [2.05, 4.69) is 15.2 Å². The molecule has 13 heteroatoms. The molecule has 0 radical (unpaired) electrons. The van der Waals surface area contributed by atoms with Gasteiger partial charge < -0.3 is 20.0 Å². The Balaban J connectivity index is 1.90. The zero-order chi connectivity index (χ0) is 22.8. The topological polar surface area (TPSA) is 87.4 Å². The summed E-state index contributed by atoms with van der Waals surface area (Å²) in [5.74, 6) is -5.02. The van der Waals surface area contributed by atoms with E-state index in [1.54, 1.807) is 22.6 Å². The Kier molecular flexibility index (Phi) is 6.42. The van der Waals surface area contributed by atoms with Crippen molar-refractivity contribution < 1.29 is 41.1 Å². The normalized spacial score (nSPS) is 11.2. The molecule has 0 fully saturated rings. The van der Waals surface area contributed by atoms with Crippen molar-refractivity contribution in [1.29, 1.82) is 0 Å². The van der Waals surface area contributed by atoms with Crippen molar-refractivity contribution in [1.82, 2.24) is 5.10 Å². The van der Waals surface area contributed by atoms with Gasteiger partial charge in [0.15, 0.2) is 17.4 Å². The number of hydrogen-bond acceptors (Lipinski definition) is 5. The standard InChI is InChI=1S/C18H9F5IN3O4/c19-11-7-10(1-3-13(11)31-18(21,22)23)30-14-4-2-12(24)16(20)15(14)17(28)26-9-5-6-27(29)25-8-9/h1-8H,(H,26,28). The predicted octanol–water partition coefficient (Wildman–Crippen LogP) is 4.54. The minimum atomic E-state index is -5.09. The van der Waals surface area contributed by atoms with E-state index in [0.29, 0.717) is 12.1 Å². The molecule has 0 saturated heterocycles. The lowest BCUT2D eigenvalue weighted by atomic mass is 10.1. The second-order valence-electron chi connectivity index (χ2n) is 5.75. The van der Waals surface area contributed by atoms with Crippen molar-refractivity contribution >= 4 is 34.2 Å². The highest BCUT2D eigenvalue weighted by Crippen LogP contribution is 2.33. The number of amides is 1. The molecule has 0 bridgehead atoms. The molecule has 1 heterocycles. The van der Waals surface area contributed by atoms with Crippen LogP contribution in [0.15, 0.2) is 48.8 Å². The molecule has 0 aliphatic rings. The fourth-order valence-electron chi connectivity index (χ4n) is 2.32. The van der Waals surface area contributed by atoms with Gasteiger partial charge in [-0.15, -0.1) is 13.2 Å². The van der Waals surface area contributed by atoms with E-state index in [4.69, 9.17) is 4.74 Å². The summed E-state index contributed by atoms with van der Waals surface area (Å²) in [5, 5.41) is 16.7. The van der Waals surface area contributed by atoms with Crippen LogP contribution in [0, 0.1) is 20.4 Å². The predicted molar refractivity (Wildman–Crippen MR) is 103 cm³/mol. The molecule has 31 heavy (non-hydrogen) atoms. The lowest BCUT2D eigenvalue weighted by molar-refractivity contribution is -0.669. The minimum absolute atomic E-state index is 0.0683. The lowest BCUT2D eigenvalue weighted by Gasteiger charge is -2.14. The Morgan fingerprint density at radius 2 is 1.84 bits per heavy atom. The lowest BCUT2D eigenvalue weighted by Crippen LogP contribution is -2.30. The number of nitrogens with zero attached hydrogens (tertiary/aromatic N) is 2. The largest absolute Gasteiger partial charge is 0.594 e. The van der Waals surface area contributed by atoms with Crippen LogP contribution in [0.2, 0.25) is 0 Å². The van der Waals surface area contributed by atoms with E-state index in [1.165, 1.54) is 18.2 Å². The zero-order valence-corrected chi connectivity index (χ0v) is 17.1. The molecule has 0 atom stereocenters. The van der Waals surface area contributed by atoms with Crippen LogP contribution in [0.25, 0.3) is 0 Å². The van der Waals surface area contributed by atoms with Crippen molar-refractivity contribution in [3.05, 3.63) is 74.8 Å². The van der Waals surface area contributed by atoms with Crippen molar-refractivity contribution in [3.8, 4) is 17.2 Å². The third kappa shape index (κ3) is 5.68. The minimum Gasteiger partial charge on any atom is -0.594 e. The van der Waals surface area contributed by atoms with Gasteiger partial charge in [0.2, 0.25) is 6.20 Å². The smallest absolute Gasteiger partial charge is 0.573 e. The van der Waals surface area contributed by atoms with Gasteiger partial charge in [-0.1, -0.05) is 4.85 Å². The second-order valence-corrected chi connectivity index (χ2v) is 6.91. The molecule has 0 spiro atoms. The second kappa shape index (κ2) is 8.87. The fraction of sp³-hybridized carbons (Fsp3) is 0.0556. The number of alkyl halides is 3. The Hall–Kier alpha value is -3.23. The quantitative estimate of drug-likeness (QED) is 0.217. The van der Waals surface area contributed by atoms with Gasteiger partial charge in [-0.3, -0.25) is 4.79 Å². The summed E-state index contributed by atoms with van der Waals surface area (Å²) in [5.41, 5.74) is -0.470. The molecule has 1 amide bonds. The number of nitrogens with one attached hydrogen (secondary N) is 1. The van der Waals surface area contributed by atoms with Gasteiger partial charge in [-0.25, -0.2) is 8.78 Å². The Bertz CT molecular complexity index is 1130. The van der Waals surface area contributed by atoms with Gasteiger partial charge in [-0.2, -0.15) is 0 Å². The Morgan fingerprint density at radius 1 is 1.13 bits per heavy atom. The molecule has 162 valence electrons. The van der Waals surface area contributed by atoms with E-state index in [9.17, 15) is 32.0 Å². The summed E-state index contributed by atoms with van der Waals surface area (Å²) in [4.78, 5) is 12.8. The van der Waals surface area contributed by atoms with Gasteiger partial charge in [0, 0.05) is 20.8 Å². The highest BCUT2D eigenvalue weighted by atomic mass is 127. The van der Waals surface area contributed by atoms with Crippen LogP contribution < -0.4 is 19.6 Å². The summed E-state index contributed by atoms with van der Waals surface area (Å²) < 4.78 is 74.3. The molecule has 3 rings (SSSR count). The number of halogens is 6. The summed E-state index contributed by atoms with van der Waals surface area (Å²) >= 11 is 1.64. The van der Waals surface area contributed by atoms with Gasteiger partial charge in [0.05, 0.1) is 5.69 Å². The zero-order valence-electron chi connectivity index (χ0n) is 14.9. The number of carbonyl (C=O) groups excluding carboxylic acids is 1. The number of carbonyl (C=O) groups is 1. The van der Waals surface area contributed by atoms with Crippen molar-refractivity contribution in [2.24, 2.45) is 0 Å². The van der Waals surface area contributed by atoms with E-state index in [0.717, 1.165) is 18.5 Å². The van der Waals surface area contributed by atoms with Gasteiger partial charge in [-0.05, 0) is 46.9 Å². The van der Waals surface area contributed by atoms with Crippen molar-refractivity contribution in [3.63, 3.8) is 0 Å². The summed E-state index contributed by atoms with van der Waals surface area (Å²) in [6.07, 6.45) is -3.05. The average Bonchev–Trinajstić information content (AvgIpc) is 2.68. The van der Waals surface area contributed by atoms with E-state index >= 15 is 0 Å². The van der Waals surface area contributed by atoms with Crippen LogP contribution in [0.1, 0.15) is 10.4 Å². The van der Waals surface area contributed by atoms with Gasteiger partial charge in [0.25, 0.3) is 5.91 Å². The molecule has 0 aliphatic carbocycles. The molecule has 2 aromatic carbocycles. The SMILES string of the molecule is O=C(Nc1cc[n+]([O-])nc1)c1c(Oc2ccc(OC(F)(F)F)c(F)c2)ccc(I)c1F. The molecule has 0 aliphatic heterocycles. The molecule has 7 nitrogen and oxygen atoms in total. The first kappa shape index (κ1) is 22.5. The Labute approximate surface area is 184 Å². The van der Waals surface area contributed by atoms with Crippen LogP contribution >= 0.6 is 22.6 Å². The third-order valence-electron chi connectivity index (χ3n) is 3.59. The molecule has 1 N–H and O–H groups in total. The van der Waals surface area contributed by atoms with Crippen LogP contribution in [-0.4, -0.2) is 17.4 Å². The Morgan fingerprint density at radius 3 is 2.45 bits per heavy atom. The van der Waals surface area contributed by atoms with Crippen LogP contribution in [0.4, 0.5) is 27.6 Å². The van der Waals surface area contributed by atoms with E-state index in [-0.39, 0.29) is 25.6 Å². The monoisotopic (exact) mass is 553 g/mol. The number of ether oxygens (including phenoxy) is 2.